The Morgan fingerprint density at radius 3 is 2.52 bits per heavy atom. The van der Waals surface area contributed by atoms with Gasteiger partial charge in [0.25, 0.3) is 0 Å². The molecular formula is C24H19F3N2OS. The van der Waals surface area contributed by atoms with Crippen LogP contribution in [0.4, 0.5) is 13.2 Å². The maximum absolute atomic E-state index is 12.8. The van der Waals surface area contributed by atoms with Crippen molar-refractivity contribution in [1.29, 1.82) is 0 Å². The van der Waals surface area contributed by atoms with Crippen LogP contribution < -0.4 is 10.1 Å². The van der Waals surface area contributed by atoms with Gasteiger partial charge in [-0.3, -0.25) is 0 Å². The van der Waals surface area contributed by atoms with Gasteiger partial charge in [-0.1, -0.05) is 18.7 Å². The molecule has 0 amide bonds. The van der Waals surface area contributed by atoms with Crippen LogP contribution in [0.3, 0.4) is 0 Å². The molecule has 0 saturated carbocycles. The van der Waals surface area contributed by atoms with E-state index in [4.69, 9.17) is 9.72 Å². The van der Waals surface area contributed by atoms with Crippen molar-refractivity contribution in [3.63, 3.8) is 0 Å². The number of alkyl halides is 3. The van der Waals surface area contributed by atoms with Gasteiger partial charge in [-0.2, -0.15) is 24.5 Å². The Morgan fingerprint density at radius 2 is 1.87 bits per heavy atom. The van der Waals surface area contributed by atoms with E-state index < -0.39 is 11.7 Å². The number of methoxy groups -OCH3 is 1. The van der Waals surface area contributed by atoms with Gasteiger partial charge >= 0.3 is 6.18 Å². The van der Waals surface area contributed by atoms with E-state index in [9.17, 15) is 13.2 Å². The third kappa shape index (κ3) is 4.56. The molecule has 4 aromatic rings. The highest BCUT2D eigenvalue weighted by molar-refractivity contribution is 7.08. The number of fused-ring (bicyclic) bond motifs is 1. The van der Waals surface area contributed by atoms with Crippen molar-refractivity contribution in [2.75, 3.05) is 7.11 Å². The molecule has 158 valence electrons. The van der Waals surface area contributed by atoms with Crippen LogP contribution in [0, 0.1) is 0 Å². The Morgan fingerprint density at radius 1 is 1.10 bits per heavy atom. The smallest absolute Gasteiger partial charge is 0.416 e. The third-order valence-corrected chi connectivity index (χ3v) is 5.61. The first-order valence-electron chi connectivity index (χ1n) is 9.46. The number of rotatable bonds is 6. The number of pyridine rings is 1. The van der Waals surface area contributed by atoms with E-state index in [0.29, 0.717) is 12.2 Å². The lowest BCUT2D eigenvalue weighted by Gasteiger charge is -2.15. The molecule has 2 aromatic carbocycles. The number of halogens is 3. The third-order valence-electron chi connectivity index (χ3n) is 4.93. The number of nitrogens with zero attached hydrogens (tertiary/aromatic N) is 1. The van der Waals surface area contributed by atoms with Crippen LogP contribution in [0.5, 0.6) is 5.75 Å². The molecular weight excluding hydrogens is 421 g/mol. The molecule has 0 aliphatic carbocycles. The fourth-order valence-electron chi connectivity index (χ4n) is 3.24. The first-order chi connectivity index (χ1) is 14.8. The summed E-state index contributed by atoms with van der Waals surface area (Å²) in [5.74, 6) is 0.725. The number of aromatic nitrogens is 1. The summed E-state index contributed by atoms with van der Waals surface area (Å²) >= 11 is 1.57. The van der Waals surface area contributed by atoms with E-state index in [1.54, 1.807) is 18.4 Å². The van der Waals surface area contributed by atoms with Crippen LogP contribution in [-0.4, -0.2) is 12.1 Å². The molecule has 0 spiro atoms. The lowest BCUT2D eigenvalue weighted by Crippen LogP contribution is -2.12. The van der Waals surface area contributed by atoms with E-state index in [1.165, 1.54) is 12.1 Å². The van der Waals surface area contributed by atoms with Gasteiger partial charge in [-0.05, 0) is 47.3 Å². The SMILES string of the molecule is C=C(NCc1ccc(C(F)(F)F)cc1)c1cc2ccc(OC)cc2nc1-c1ccsc1. The van der Waals surface area contributed by atoms with Crippen molar-refractivity contribution in [3.8, 4) is 17.0 Å². The Bertz CT molecular complexity index is 1220. The van der Waals surface area contributed by atoms with E-state index in [2.05, 4.69) is 11.9 Å². The number of thiophene rings is 1. The standard InChI is InChI=1S/C24H19F3N2OS/c1-15(28-13-16-3-6-19(7-4-16)24(25,26)27)21-11-17-5-8-20(30-2)12-22(17)29-23(21)18-9-10-31-14-18/h3-12,14,28H,1,13H2,2H3. The largest absolute Gasteiger partial charge is 0.497 e. The average molecular weight is 440 g/mol. The first-order valence-corrected chi connectivity index (χ1v) is 10.4. The maximum atomic E-state index is 12.8. The maximum Gasteiger partial charge on any atom is 0.416 e. The van der Waals surface area contributed by atoms with Gasteiger partial charge in [-0.25, -0.2) is 4.98 Å². The van der Waals surface area contributed by atoms with Crippen molar-refractivity contribution in [1.82, 2.24) is 10.3 Å². The highest BCUT2D eigenvalue weighted by Crippen LogP contribution is 2.32. The van der Waals surface area contributed by atoms with Gasteiger partial charge in [0.15, 0.2) is 0 Å². The molecule has 2 aromatic heterocycles. The molecule has 1 N–H and O–H groups in total. The molecule has 0 aliphatic heterocycles. The zero-order chi connectivity index (χ0) is 22.0. The summed E-state index contributed by atoms with van der Waals surface area (Å²) in [6.07, 6.45) is -4.34. The predicted octanol–water partition coefficient (Wildman–Crippen LogP) is 6.75. The van der Waals surface area contributed by atoms with Crippen LogP contribution >= 0.6 is 11.3 Å². The molecule has 31 heavy (non-hydrogen) atoms. The second-order valence-corrected chi connectivity index (χ2v) is 7.76. The monoisotopic (exact) mass is 440 g/mol. The molecule has 0 saturated heterocycles. The van der Waals surface area contributed by atoms with Gasteiger partial charge in [-0.15, -0.1) is 0 Å². The summed E-state index contributed by atoms with van der Waals surface area (Å²) in [7, 11) is 1.61. The first kappa shape index (κ1) is 20.9. The molecule has 0 radical (unpaired) electrons. The summed E-state index contributed by atoms with van der Waals surface area (Å²) in [5, 5.41) is 8.16. The summed E-state index contributed by atoms with van der Waals surface area (Å²) < 4.78 is 43.6. The number of nitrogens with one attached hydrogen (secondary N) is 1. The Balaban J connectivity index is 1.63. The van der Waals surface area contributed by atoms with Crippen LogP contribution in [0.2, 0.25) is 0 Å². The van der Waals surface area contributed by atoms with E-state index in [1.807, 2.05) is 41.1 Å². The fraction of sp³-hybridized carbons (Fsp3) is 0.125. The average Bonchev–Trinajstić information content (AvgIpc) is 3.30. The molecule has 0 unspecified atom stereocenters. The molecule has 0 aliphatic rings. The van der Waals surface area contributed by atoms with Crippen molar-refractivity contribution in [2.45, 2.75) is 12.7 Å². The van der Waals surface area contributed by atoms with Crippen molar-refractivity contribution in [3.05, 3.63) is 88.6 Å². The van der Waals surface area contributed by atoms with Gasteiger partial charge in [0, 0.05) is 40.2 Å². The Kier molecular flexibility index (Phi) is 5.69. The lowest BCUT2D eigenvalue weighted by atomic mass is 10.0. The topological polar surface area (TPSA) is 34.1 Å². The number of benzene rings is 2. The molecule has 0 atom stereocenters. The minimum absolute atomic E-state index is 0.348. The van der Waals surface area contributed by atoms with Gasteiger partial charge in [0.2, 0.25) is 0 Å². The highest BCUT2D eigenvalue weighted by atomic mass is 32.1. The van der Waals surface area contributed by atoms with Crippen LogP contribution in [0.1, 0.15) is 16.7 Å². The van der Waals surface area contributed by atoms with Gasteiger partial charge in [0.05, 0.1) is 23.9 Å². The Labute approximate surface area is 181 Å². The molecule has 3 nitrogen and oxygen atoms in total. The summed E-state index contributed by atoms with van der Waals surface area (Å²) in [6.45, 7) is 4.50. The summed E-state index contributed by atoms with van der Waals surface area (Å²) in [6, 6.07) is 14.8. The zero-order valence-corrected chi connectivity index (χ0v) is 17.5. The molecule has 0 bridgehead atoms. The second kappa shape index (κ2) is 8.43. The predicted molar refractivity (Wildman–Crippen MR) is 119 cm³/mol. The van der Waals surface area contributed by atoms with Crippen molar-refractivity contribution >= 4 is 27.9 Å². The van der Waals surface area contributed by atoms with Crippen molar-refractivity contribution < 1.29 is 17.9 Å². The normalized spacial score (nSPS) is 11.5. The van der Waals surface area contributed by atoms with E-state index in [0.717, 1.165) is 51.2 Å². The highest BCUT2D eigenvalue weighted by Gasteiger charge is 2.29. The molecule has 0 fully saturated rings. The van der Waals surface area contributed by atoms with E-state index in [-0.39, 0.29) is 0 Å². The number of ether oxygens (including phenoxy) is 1. The molecule has 7 heteroatoms. The summed E-state index contributed by atoms with van der Waals surface area (Å²) in [5.41, 5.74) is 4.11. The summed E-state index contributed by atoms with van der Waals surface area (Å²) in [4.78, 5) is 4.84. The van der Waals surface area contributed by atoms with Gasteiger partial charge < -0.3 is 10.1 Å². The lowest BCUT2D eigenvalue weighted by molar-refractivity contribution is -0.137. The zero-order valence-electron chi connectivity index (χ0n) is 16.7. The van der Waals surface area contributed by atoms with Gasteiger partial charge in [0.1, 0.15) is 5.75 Å². The number of hydrogen-bond acceptors (Lipinski definition) is 4. The van der Waals surface area contributed by atoms with Crippen LogP contribution in [-0.2, 0) is 12.7 Å². The van der Waals surface area contributed by atoms with Crippen molar-refractivity contribution in [2.24, 2.45) is 0 Å². The fourth-order valence-corrected chi connectivity index (χ4v) is 3.88. The molecule has 2 heterocycles. The van der Waals surface area contributed by atoms with Crippen LogP contribution in [0.15, 0.2) is 71.9 Å². The second-order valence-electron chi connectivity index (χ2n) is 6.98. The molecule has 4 rings (SSSR count). The van der Waals surface area contributed by atoms with E-state index >= 15 is 0 Å². The van der Waals surface area contributed by atoms with Crippen LogP contribution in [0.25, 0.3) is 27.9 Å². The number of hydrogen-bond donors (Lipinski definition) is 1. The minimum atomic E-state index is -4.34. The Hall–Kier alpha value is -3.32. The minimum Gasteiger partial charge on any atom is -0.497 e. The quantitative estimate of drug-likeness (QED) is 0.360.